The molecular formula is C33H25IN2. The molecule has 0 saturated carbocycles. The van der Waals surface area contributed by atoms with Crippen LogP contribution in [0.1, 0.15) is 25.0 Å². The van der Waals surface area contributed by atoms with E-state index in [-0.39, 0.29) is 5.41 Å². The standard InChI is InChI=1S/C33H25IN2/c1-33(2)26-14-6-8-16-28(26)36(29-17-9-7-15-27(29)33)30-18-10-13-25-24-20-19-22(34)21-31(24)35(32(25)30)23-11-4-3-5-12-23/h3-21H,1-2H3. The highest BCUT2D eigenvalue weighted by molar-refractivity contribution is 14.1. The van der Waals surface area contributed by atoms with Crippen LogP contribution in [0.2, 0.25) is 0 Å². The molecule has 5 aromatic carbocycles. The monoisotopic (exact) mass is 576 g/mol. The fraction of sp³-hybridized carbons (Fsp3) is 0.0909. The number of fused-ring (bicyclic) bond motifs is 5. The summed E-state index contributed by atoms with van der Waals surface area (Å²) in [6, 6.07) is 42.0. The second-order valence-corrected chi connectivity index (χ2v) is 11.2. The van der Waals surface area contributed by atoms with Crippen molar-refractivity contribution in [3.63, 3.8) is 0 Å². The fourth-order valence-electron chi connectivity index (χ4n) is 5.98. The average molecular weight is 576 g/mol. The molecule has 0 spiro atoms. The van der Waals surface area contributed by atoms with Gasteiger partial charge in [0, 0.05) is 25.4 Å². The summed E-state index contributed by atoms with van der Waals surface area (Å²) in [5.41, 5.74) is 9.92. The molecule has 0 aliphatic carbocycles. The van der Waals surface area contributed by atoms with Gasteiger partial charge in [0.1, 0.15) is 0 Å². The smallest absolute Gasteiger partial charge is 0.0782 e. The summed E-state index contributed by atoms with van der Waals surface area (Å²) in [6.45, 7) is 4.68. The maximum absolute atomic E-state index is 2.47. The zero-order chi connectivity index (χ0) is 24.4. The molecule has 3 heteroatoms. The van der Waals surface area contributed by atoms with Crippen molar-refractivity contribution in [3.05, 3.63) is 130 Å². The summed E-state index contributed by atoms with van der Waals surface area (Å²) >= 11 is 2.42. The van der Waals surface area contributed by atoms with Crippen molar-refractivity contribution in [3.8, 4) is 5.69 Å². The van der Waals surface area contributed by atoms with Crippen LogP contribution in [0.3, 0.4) is 0 Å². The van der Waals surface area contributed by atoms with Gasteiger partial charge in [-0.05, 0) is 76.2 Å². The van der Waals surface area contributed by atoms with Crippen LogP contribution in [0.15, 0.2) is 115 Å². The van der Waals surface area contributed by atoms with E-state index >= 15 is 0 Å². The van der Waals surface area contributed by atoms with E-state index in [1.54, 1.807) is 0 Å². The first-order valence-corrected chi connectivity index (χ1v) is 13.4. The number of halogens is 1. The molecule has 7 rings (SSSR count). The Morgan fingerprint density at radius 1 is 0.583 bits per heavy atom. The van der Waals surface area contributed by atoms with Gasteiger partial charge in [-0.25, -0.2) is 0 Å². The van der Waals surface area contributed by atoms with Gasteiger partial charge >= 0.3 is 0 Å². The molecule has 36 heavy (non-hydrogen) atoms. The minimum atomic E-state index is -0.0835. The quantitative estimate of drug-likeness (QED) is 0.187. The average Bonchev–Trinajstić information content (AvgIpc) is 3.23. The third kappa shape index (κ3) is 3.02. The molecule has 0 fully saturated rings. The molecule has 0 unspecified atom stereocenters. The van der Waals surface area contributed by atoms with Crippen molar-refractivity contribution in [2.45, 2.75) is 19.3 Å². The molecule has 174 valence electrons. The molecule has 2 heterocycles. The van der Waals surface area contributed by atoms with Gasteiger partial charge in [-0.15, -0.1) is 0 Å². The first-order valence-electron chi connectivity index (χ1n) is 12.3. The Bertz CT molecular complexity index is 1730. The molecule has 6 aromatic rings. The number of nitrogens with zero attached hydrogens (tertiary/aromatic N) is 2. The van der Waals surface area contributed by atoms with Crippen LogP contribution in [0.4, 0.5) is 17.1 Å². The van der Waals surface area contributed by atoms with Crippen molar-refractivity contribution in [1.82, 2.24) is 4.57 Å². The van der Waals surface area contributed by atoms with Gasteiger partial charge in [0.05, 0.1) is 28.1 Å². The molecule has 1 aliphatic heterocycles. The lowest BCUT2D eigenvalue weighted by atomic mass is 9.73. The van der Waals surface area contributed by atoms with E-state index in [2.05, 4.69) is 161 Å². The van der Waals surface area contributed by atoms with Crippen LogP contribution in [0.5, 0.6) is 0 Å². The summed E-state index contributed by atoms with van der Waals surface area (Å²) in [6.07, 6.45) is 0. The molecule has 0 radical (unpaired) electrons. The molecule has 0 N–H and O–H groups in total. The van der Waals surface area contributed by atoms with Crippen molar-refractivity contribution < 1.29 is 0 Å². The van der Waals surface area contributed by atoms with Crippen molar-refractivity contribution in [1.29, 1.82) is 0 Å². The van der Waals surface area contributed by atoms with Gasteiger partial charge in [0.2, 0.25) is 0 Å². The van der Waals surface area contributed by atoms with E-state index in [1.165, 1.54) is 59.3 Å². The maximum atomic E-state index is 2.47. The van der Waals surface area contributed by atoms with Crippen molar-refractivity contribution >= 4 is 61.5 Å². The second-order valence-electron chi connectivity index (χ2n) is 10.0. The highest BCUT2D eigenvalue weighted by atomic mass is 127. The Morgan fingerprint density at radius 3 is 1.89 bits per heavy atom. The summed E-state index contributed by atoms with van der Waals surface area (Å²) < 4.78 is 3.67. The van der Waals surface area contributed by atoms with Crippen LogP contribution < -0.4 is 4.90 Å². The van der Waals surface area contributed by atoms with Crippen molar-refractivity contribution in [2.24, 2.45) is 0 Å². The van der Waals surface area contributed by atoms with E-state index < -0.39 is 0 Å². The third-order valence-electron chi connectivity index (χ3n) is 7.62. The van der Waals surface area contributed by atoms with E-state index in [9.17, 15) is 0 Å². The molecular weight excluding hydrogens is 551 g/mol. The Morgan fingerprint density at radius 2 is 1.19 bits per heavy atom. The van der Waals surface area contributed by atoms with Crippen LogP contribution >= 0.6 is 22.6 Å². The van der Waals surface area contributed by atoms with Gasteiger partial charge in [-0.2, -0.15) is 0 Å². The van der Waals surface area contributed by atoms with E-state index in [0.29, 0.717) is 0 Å². The minimum absolute atomic E-state index is 0.0835. The summed E-state index contributed by atoms with van der Waals surface area (Å²) in [4.78, 5) is 2.47. The molecule has 0 amide bonds. The summed E-state index contributed by atoms with van der Waals surface area (Å²) in [5, 5.41) is 2.54. The molecule has 0 bridgehead atoms. The predicted molar refractivity (Wildman–Crippen MR) is 160 cm³/mol. The lowest BCUT2D eigenvalue weighted by molar-refractivity contribution is 0.632. The van der Waals surface area contributed by atoms with Gasteiger partial charge in [-0.3, -0.25) is 0 Å². The number of aromatic nitrogens is 1. The van der Waals surface area contributed by atoms with Crippen LogP contribution in [-0.2, 0) is 5.41 Å². The Labute approximate surface area is 224 Å². The Hall–Kier alpha value is -3.57. The van der Waals surface area contributed by atoms with Gasteiger partial charge < -0.3 is 9.47 Å². The normalized spacial score (nSPS) is 14.1. The Balaban J connectivity index is 1.65. The van der Waals surface area contributed by atoms with Gasteiger partial charge in [-0.1, -0.05) is 86.6 Å². The molecule has 1 aromatic heterocycles. The molecule has 1 aliphatic rings. The minimum Gasteiger partial charge on any atom is -0.308 e. The molecule has 0 atom stereocenters. The first-order chi connectivity index (χ1) is 17.6. The number of hydrogen-bond acceptors (Lipinski definition) is 1. The highest BCUT2D eigenvalue weighted by Gasteiger charge is 2.37. The largest absolute Gasteiger partial charge is 0.308 e. The number of hydrogen-bond donors (Lipinski definition) is 0. The zero-order valence-electron chi connectivity index (χ0n) is 20.2. The SMILES string of the molecule is CC1(C)c2ccccc2N(c2cccc3c4ccc(I)cc4n(-c4ccccc4)c23)c2ccccc21. The number of para-hydroxylation sites is 4. The van der Waals surface area contributed by atoms with Crippen LogP contribution in [0, 0.1) is 3.57 Å². The first kappa shape index (κ1) is 21.7. The van der Waals surface area contributed by atoms with Crippen LogP contribution in [-0.4, -0.2) is 4.57 Å². The number of rotatable bonds is 2. The van der Waals surface area contributed by atoms with Gasteiger partial charge in [0.15, 0.2) is 0 Å². The number of anilines is 3. The number of benzene rings is 5. The molecule has 0 saturated heterocycles. The lowest BCUT2D eigenvalue weighted by Gasteiger charge is -2.42. The van der Waals surface area contributed by atoms with E-state index in [0.717, 1.165) is 0 Å². The summed E-state index contributed by atoms with van der Waals surface area (Å²) in [7, 11) is 0. The zero-order valence-corrected chi connectivity index (χ0v) is 22.4. The highest BCUT2D eigenvalue weighted by Crippen LogP contribution is 2.53. The van der Waals surface area contributed by atoms with E-state index in [4.69, 9.17) is 0 Å². The van der Waals surface area contributed by atoms with E-state index in [1.807, 2.05) is 0 Å². The lowest BCUT2D eigenvalue weighted by Crippen LogP contribution is -2.30. The third-order valence-corrected chi connectivity index (χ3v) is 8.29. The summed E-state index contributed by atoms with van der Waals surface area (Å²) in [5.74, 6) is 0. The fourth-order valence-corrected chi connectivity index (χ4v) is 6.45. The predicted octanol–water partition coefficient (Wildman–Crippen LogP) is 9.50. The topological polar surface area (TPSA) is 8.17 Å². The van der Waals surface area contributed by atoms with Crippen LogP contribution in [0.25, 0.3) is 27.5 Å². The second kappa shape index (κ2) is 7.97. The Kier molecular flexibility index (Phi) is 4.80. The van der Waals surface area contributed by atoms with Crippen molar-refractivity contribution in [2.75, 3.05) is 4.90 Å². The molecule has 2 nitrogen and oxygen atoms in total. The maximum Gasteiger partial charge on any atom is 0.0782 e. The van der Waals surface area contributed by atoms with Gasteiger partial charge in [0.25, 0.3) is 0 Å².